The van der Waals surface area contributed by atoms with Crippen molar-refractivity contribution in [3.05, 3.63) is 64.6 Å². The minimum atomic E-state index is -1.07. The predicted octanol–water partition coefficient (Wildman–Crippen LogP) is 5.28. The number of aromatic nitrogens is 1. The van der Waals surface area contributed by atoms with Crippen LogP contribution in [-0.4, -0.2) is 60.1 Å². The number of pyridine rings is 1. The van der Waals surface area contributed by atoms with Gasteiger partial charge in [0.05, 0.1) is 23.8 Å². The van der Waals surface area contributed by atoms with Crippen LogP contribution in [0.2, 0.25) is 5.02 Å². The van der Waals surface area contributed by atoms with Gasteiger partial charge in [-0.1, -0.05) is 11.6 Å². The molecule has 0 spiro atoms. The summed E-state index contributed by atoms with van der Waals surface area (Å²) in [5.41, 5.74) is 0.932. The molecule has 0 bridgehead atoms. The molecule has 200 valence electrons. The summed E-state index contributed by atoms with van der Waals surface area (Å²) in [6, 6.07) is 6.59. The van der Waals surface area contributed by atoms with Gasteiger partial charge in [0.2, 0.25) is 0 Å². The predicted molar refractivity (Wildman–Crippen MR) is 135 cm³/mol. The van der Waals surface area contributed by atoms with E-state index in [-0.39, 0.29) is 18.6 Å². The third kappa shape index (κ3) is 6.29. The van der Waals surface area contributed by atoms with Gasteiger partial charge in [0.15, 0.2) is 17.4 Å². The Labute approximate surface area is 218 Å². The number of aliphatic hydroxyl groups excluding tert-OH is 2. The maximum absolute atomic E-state index is 13.8. The molecule has 2 N–H and O–H groups in total. The first-order valence-electron chi connectivity index (χ1n) is 12.2. The first kappa shape index (κ1) is 27.4. The number of likely N-dealkylation sites (tertiary alicyclic amines) is 1. The fraction of sp³-hybridized carbons (Fsp3) is 0.444. The van der Waals surface area contributed by atoms with Crippen molar-refractivity contribution < 1.29 is 32.9 Å². The number of nitrogens with zero attached hydrogens (tertiary/aromatic N) is 2. The standard InChI is InChI=1S/C27H30ClF3N2O4/c1-36-18-2-3-23-19(14-18)25(20(28)15-32-23)24(35)4-5-27(16-34)6-8-33(9-7-27)10-11-37-26-21(30)12-17(29)13-22(26)31/h2-3,12-15,24,34-35H,4-11,16H2,1H3. The molecule has 1 unspecified atom stereocenters. The lowest BCUT2D eigenvalue weighted by atomic mass is 9.74. The fourth-order valence-electron chi connectivity index (χ4n) is 4.90. The summed E-state index contributed by atoms with van der Waals surface area (Å²) in [5.74, 6) is -3.10. The SMILES string of the molecule is COc1ccc2ncc(Cl)c(C(O)CCC3(CO)CCN(CCOc4c(F)cc(F)cc4F)CC3)c2c1. The average molecular weight is 539 g/mol. The normalized spacial score (nSPS) is 16.6. The van der Waals surface area contributed by atoms with Crippen molar-refractivity contribution >= 4 is 22.5 Å². The van der Waals surface area contributed by atoms with Crippen LogP contribution in [0.15, 0.2) is 36.5 Å². The van der Waals surface area contributed by atoms with E-state index in [0.29, 0.717) is 79.3 Å². The van der Waals surface area contributed by atoms with Crippen molar-refractivity contribution in [2.24, 2.45) is 5.41 Å². The second kappa shape index (κ2) is 11.9. The number of fused-ring (bicyclic) bond motifs is 1. The molecular formula is C27H30ClF3N2O4. The number of halogens is 4. The Balaban J connectivity index is 1.33. The molecule has 6 nitrogen and oxygen atoms in total. The van der Waals surface area contributed by atoms with Gasteiger partial charge in [-0.05, 0) is 62.4 Å². The van der Waals surface area contributed by atoms with Crippen LogP contribution in [0.5, 0.6) is 11.5 Å². The number of hydrogen-bond donors (Lipinski definition) is 2. The van der Waals surface area contributed by atoms with Crippen molar-refractivity contribution in [2.75, 3.05) is 40.0 Å². The summed E-state index contributed by atoms with van der Waals surface area (Å²) < 4.78 is 51.1. The van der Waals surface area contributed by atoms with Crippen molar-refractivity contribution in [1.29, 1.82) is 0 Å². The van der Waals surface area contributed by atoms with E-state index < -0.39 is 29.3 Å². The third-order valence-electron chi connectivity index (χ3n) is 7.22. The first-order valence-corrected chi connectivity index (χ1v) is 12.5. The van der Waals surface area contributed by atoms with E-state index in [0.717, 1.165) is 5.39 Å². The van der Waals surface area contributed by atoms with Gasteiger partial charge in [0.25, 0.3) is 0 Å². The van der Waals surface area contributed by atoms with E-state index in [1.165, 1.54) is 6.20 Å². The van der Waals surface area contributed by atoms with Gasteiger partial charge in [-0.3, -0.25) is 9.88 Å². The van der Waals surface area contributed by atoms with E-state index in [1.54, 1.807) is 19.2 Å². The molecule has 1 fully saturated rings. The molecule has 0 saturated carbocycles. The second-order valence-corrected chi connectivity index (χ2v) is 9.91. The van der Waals surface area contributed by atoms with Crippen molar-refractivity contribution in [3.63, 3.8) is 0 Å². The van der Waals surface area contributed by atoms with Crippen LogP contribution >= 0.6 is 11.6 Å². The molecule has 1 saturated heterocycles. The van der Waals surface area contributed by atoms with E-state index in [4.69, 9.17) is 21.1 Å². The minimum Gasteiger partial charge on any atom is -0.497 e. The third-order valence-corrected chi connectivity index (χ3v) is 7.52. The quantitative estimate of drug-likeness (QED) is 0.366. The molecule has 3 aromatic rings. The zero-order chi connectivity index (χ0) is 26.6. The highest BCUT2D eigenvalue weighted by molar-refractivity contribution is 6.32. The number of hydrogen-bond acceptors (Lipinski definition) is 6. The number of benzene rings is 2. The Morgan fingerprint density at radius 3 is 2.49 bits per heavy atom. The van der Waals surface area contributed by atoms with Crippen LogP contribution in [0.1, 0.15) is 37.4 Å². The number of methoxy groups -OCH3 is 1. The van der Waals surface area contributed by atoms with Gasteiger partial charge in [-0.25, -0.2) is 13.2 Å². The molecule has 1 aromatic heterocycles. The largest absolute Gasteiger partial charge is 0.497 e. The molecule has 2 heterocycles. The maximum atomic E-state index is 13.8. The highest BCUT2D eigenvalue weighted by atomic mass is 35.5. The Morgan fingerprint density at radius 1 is 1.14 bits per heavy atom. The number of piperidine rings is 1. The van der Waals surface area contributed by atoms with Gasteiger partial charge in [0, 0.05) is 42.4 Å². The van der Waals surface area contributed by atoms with E-state index in [9.17, 15) is 23.4 Å². The zero-order valence-corrected chi connectivity index (χ0v) is 21.3. The van der Waals surface area contributed by atoms with E-state index in [2.05, 4.69) is 9.88 Å². The second-order valence-electron chi connectivity index (χ2n) is 9.50. The van der Waals surface area contributed by atoms with Gasteiger partial charge >= 0.3 is 0 Å². The number of rotatable bonds is 10. The Morgan fingerprint density at radius 2 is 1.84 bits per heavy atom. The summed E-state index contributed by atoms with van der Waals surface area (Å²) in [7, 11) is 1.57. The van der Waals surface area contributed by atoms with Crippen molar-refractivity contribution in [1.82, 2.24) is 9.88 Å². The first-order chi connectivity index (χ1) is 17.7. The molecule has 1 aliphatic heterocycles. The summed E-state index contributed by atoms with van der Waals surface area (Å²) >= 11 is 6.43. The van der Waals surface area contributed by atoms with Gasteiger partial charge < -0.3 is 19.7 Å². The molecule has 4 rings (SSSR count). The Bertz CT molecular complexity index is 1210. The maximum Gasteiger partial charge on any atom is 0.190 e. The Kier molecular flexibility index (Phi) is 8.79. The molecule has 1 aliphatic rings. The van der Waals surface area contributed by atoms with Crippen LogP contribution in [-0.2, 0) is 0 Å². The molecule has 1 atom stereocenters. The minimum absolute atomic E-state index is 0.0191. The van der Waals surface area contributed by atoms with Crippen LogP contribution in [0.4, 0.5) is 13.2 Å². The van der Waals surface area contributed by atoms with Gasteiger partial charge in [0.1, 0.15) is 18.2 Å². The monoisotopic (exact) mass is 538 g/mol. The molecule has 10 heteroatoms. The summed E-state index contributed by atoms with van der Waals surface area (Å²) in [5, 5.41) is 22.4. The lowest BCUT2D eigenvalue weighted by Crippen LogP contribution is -2.43. The van der Waals surface area contributed by atoms with Crippen LogP contribution in [0.25, 0.3) is 10.9 Å². The van der Waals surface area contributed by atoms with Crippen molar-refractivity contribution in [2.45, 2.75) is 31.8 Å². The van der Waals surface area contributed by atoms with E-state index in [1.807, 2.05) is 6.07 Å². The van der Waals surface area contributed by atoms with Crippen LogP contribution < -0.4 is 9.47 Å². The van der Waals surface area contributed by atoms with Crippen LogP contribution in [0.3, 0.4) is 0 Å². The highest BCUT2D eigenvalue weighted by Gasteiger charge is 2.34. The lowest BCUT2D eigenvalue weighted by molar-refractivity contribution is 0.0202. The molecule has 37 heavy (non-hydrogen) atoms. The van der Waals surface area contributed by atoms with E-state index >= 15 is 0 Å². The van der Waals surface area contributed by atoms with Gasteiger partial charge in [-0.2, -0.15) is 0 Å². The average Bonchev–Trinajstić information content (AvgIpc) is 2.89. The zero-order valence-electron chi connectivity index (χ0n) is 20.5. The number of ether oxygens (including phenoxy) is 2. The van der Waals surface area contributed by atoms with Crippen LogP contribution in [0, 0.1) is 22.9 Å². The molecular weight excluding hydrogens is 509 g/mol. The molecule has 0 amide bonds. The number of aliphatic hydroxyl groups is 2. The summed E-state index contributed by atoms with van der Waals surface area (Å²) in [6.07, 6.45) is 3.05. The summed E-state index contributed by atoms with van der Waals surface area (Å²) in [4.78, 5) is 6.42. The Hall–Kier alpha value is -2.59. The highest BCUT2D eigenvalue weighted by Crippen LogP contribution is 2.40. The topological polar surface area (TPSA) is 75.0 Å². The van der Waals surface area contributed by atoms with Crippen molar-refractivity contribution in [3.8, 4) is 11.5 Å². The summed E-state index contributed by atoms with van der Waals surface area (Å²) in [6.45, 7) is 1.77. The van der Waals surface area contributed by atoms with Gasteiger partial charge in [-0.15, -0.1) is 0 Å². The molecule has 0 radical (unpaired) electrons. The molecule has 2 aromatic carbocycles. The smallest absolute Gasteiger partial charge is 0.190 e. The fourth-order valence-corrected chi connectivity index (χ4v) is 5.18. The lowest BCUT2D eigenvalue weighted by Gasteiger charge is -2.41. The molecule has 0 aliphatic carbocycles.